The maximum atomic E-state index is 12.3. The van der Waals surface area contributed by atoms with Crippen molar-refractivity contribution in [1.29, 1.82) is 0 Å². The van der Waals surface area contributed by atoms with E-state index in [1.165, 1.54) is 0 Å². The normalized spacial score (nSPS) is 18.5. The molecule has 0 aliphatic heterocycles. The number of carbonyl (C=O) groups is 1. The van der Waals surface area contributed by atoms with Gasteiger partial charge in [0.25, 0.3) is 0 Å². The van der Waals surface area contributed by atoms with Crippen LogP contribution in [0.25, 0.3) is 5.65 Å². The number of anilines is 1. The first-order chi connectivity index (χ1) is 13.0. The number of aromatic nitrogens is 2. The number of benzene rings is 1. The van der Waals surface area contributed by atoms with Crippen molar-refractivity contribution in [3.8, 4) is 0 Å². The molecule has 0 saturated heterocycles. The minimum atomic E-state index is -0.536. The minimum Gasteiger partial charge on any atom is -0.462 e. The van der Waals surface area contributed by atoms with Crippen molar-refractivity contribution in [2.24, 2.45) is 0 Å². The number of ether oxygens (including phenoxy) is 1. The number of hydrogen-bond acceptors (Lipinski definition) is 5. The first kappa shape index (κ1) is 17.5. The molecule has 27 heavy (non-hydrogen) atoms. The topological polar surface area (TPSA) is 75.9 Å². The third-order valence-corrected chi connectivity index (χ3v) is 5.22. The highest BCUT2D eigenvalue weighted by Crippen LogP contribution is 2.35. The Morgan fingerprint density at radius 2 is 2.15 bits per heavy atom. The fourth-order valence-corrected chi connectivity index (χ4v) is 3.72. The van der Waals surface area contributed by atoms with Crippen LogP contribution in [0.1, 0.15) is 45.8 Å². The predicted molar refractivity (Wildman–Crippen MR) is 103 cm³/mol. The highest BCUT2D eigenvalue weighted by molar-refractivity contribution is 5.92. The van der Waals surface area contributed by atoms with Crippen molar-refractivity contribution in [1.82, 2.24) is 9.38 Å². The molecule has 2 aromatic heterocycles. The lowest BCUT2D eigenvalue weighted by Crippen LogP contribution is -2.22. The molecule has 140 valence electrons. The van der Waals surface area contributed by atoms with Crippen LogP contribution in [-0.2, 0) is 11.2 Å². The number of aliphatic hydroxyl groups is 1. The van der Waals surface area contributed by atoms with Crippen LogP contribution in [0.2, 0.25) is 0 Å². The fourth-order valence-electron chi connectivity index (χ4n) is 3.72. The number of hydrogen-bond donors (Lipinski definition) is 2. The predicted octanol–water partition coefficient (Wildman–Crippen LogP) is 3.20. The number of pyridine rings is 1. The second kappa shape index (κ2) is 6.70. The molecular weight excluding hydrogens is 342 g/mol. The molecule has 4 rings (SSSR count). The zero-order chi connectivity index (χ0) is 19.1. The number of nitrogens with zero attached hydrogens (tertiary/aromatic N) is 2. The molecule has 0 spiro atoms. The molecule has 1 aliphatic carbocycles. The number of carbonyl (C=O) groups excluding carboxylic acids is 1. The van der Waals surface area contributed by atoms with Crippen LogP contribution in [-0.4, -0.2) is 33.2 Å². The molecule has 2 N–H and O–H groups in total. The zero-order valence-corrected chi connectivity index (χ0v) is 15.7. The zero-order valence-electron chi connectivity index (χ0n) is 15.7. The Balaban J connectivity index is 1.81. The average Bonchev–Trinajstić information content (AvgIpc) is 3.12. The Labute approximate surface area is 157 Å². The summed E-state index contributed by atoms with van der Waals surface area (Å²) in [6.45, 7) is 6.01. The summed E-state index contributed by atoms with van der Waals surface area (Å²) < 4.78 is 7.08. The smallest absolute Gasteiger partial charge is 0.339 e. The quantitative estimate of drug-likeness (QED) is 0.695. The lowest BCUT2D eigenvalue weighted by molar-refractivity contribution is 0.0526. The van der Waals surface area contributed by atoms with Gasteiger partial charge in [0.05, 0.1) is 35.7 Å². The number of aliphatic hydroxyl groups excluding tert-OH is 1. The van der Waals surface area contributed by atoms with Crippen LogP contribution in [0.5, 0.6) is 0 Å². The summed E-state index contributed by atoms with van der Waals surface area (Å²) >= 11 is 0. The second-order valence-corrected chi connectivity index (χ2v) is 6.93. The van der Waals surface area contributed by atoms with Crippen molar-refractivity contribution in [3.63, 3.8) is 0 Å². The molecule has 0 radical (unpaired) electrons. The summed E-state index contributed by atoms with van der Waals surface area (Å²) in [6.07, 6.45) is 1.83. The highest BCUT2D eigenvalue weighted by atomic mass is 16.5. The van der Waals surface area contributed by atoms with E-state index < -0.39 is 6.10 Å². The van der Waals surface area contributed by atoms with Gasteiger partial charge in [-0.25, -0.2) is 9.78 Å². The molecule has 2 heterocycles. The van der Waals surface area contributed by atoms with Crippen molar-refractivity contribution in [2.75, 3.05) is 11.9 Å². The van der Waals surface area contributed by atoms with E-state index in [9.17, 15) is 9.90 Å². The van der Waals surface area contributed by atoms with Gasteiger partial charge >= 0.3 is 5.97 Å². The van der Waals surface area contributed by atoms with Crippen LogP contribution < -0.4 is 5.32 Å². The van der Waals surface area contributed by atoms with Crippen molar-refractivity contribution in [2.45, 2.75) is 39.3 Å². The van der Waals surface area contributed by atoms with Crippen molar-refractivity contribution in [3.05, 3.63) is 64.6 Å². The number of esters is 1. The molecule has 6 heteroatoms. The molecule has 0 fully saturated rings. The molecule has 6 nitrogen and oxygen atoms in total. The number of nitrogens with one attached hydrogen (secondary N) is 1. The Morgan fingerprint density at radius 1 is 1.37 bits per heavy atom. The van der Waals surface area contributed by atoms with E-state index in [-0.39, 0.29) is 12.0 Å². The Morgan fingerprint density at radius 3 is 2.93 bits per heavy atom. The van der Waals surface area contributed by atoms with E-state index in [1.54, 1.807) is 19.2 Å². The Hall–Kier alpha value is -2.86. The van der Waals surface area contributed by atoms with Gasteiger partial charge in [-0.2, -0.15) is 0 Å². The molecule has 1 aromatic carbocycles. The molecule has 1 aliphatic rings. The Bertz CT molecular complexity index is 1020. The van der Waals surface area contributed by atoms with E-state index in [0.29, 0.717) is 24.3 Å². The maximum Gasteiger partial charge on any atom is 0.339 e. The van der Waals surface area contributed by atoms with Gasteiger partial charge in [0.15, 0.2) is 5.65 Å². The van der Waals surface area contributed by atoms with E-state index in [0.717, 1.165) is 28.2 Å². The average molecular weight is 365 g/mol. The molecule has 0 amide bonds. The van der Waals surface area contributed by atoms with Gasteiger partial charge in [0.2, 0.25) is 0 Å². The van der Waals surface area contributed by atoms with Crippen LogP contribution in [0.4, 0.5) is 5.69 Å². The summed E-state index contributed by atoms with van der Waals surface area (Å²) in [5.41, 5.74) is 5.96. The molecule has 0 bridgehead atoms. The summed E-state index contributed by atoms with van der Waals surface area (Å²) in [7, 11) is 0. The van der Waals surface area contributed by atoms with Gasteiger partial charge in [-0.3, -0.25) is 0 Å². The van der Waals surface area contributed by atoms with E-state index in [4.69, 9.17) is 4.74 Å². The highest BCUT2D eigenvalue weighted by Gasteiger charge is 2.31. The van der Waals surface area contributed by atoms with Gasteiger partial charge in [-0.15, -0.1) is 0 Å². The van der Waals surface area contributed by atoms with Gasteiger partial charge in [-0.1, -0.05) is 24.3 Å². The van der Waals surface area contributed by atoms with Gasteiger partial charge in [-0.05, 0) is 38.0 Å². The van der Waals surface area contributed by atoms with Crippen LogP contribution in [0.15, 0.2) is 36.5 Å². The van der Waals surface area contributed by atoms with Crippen LogP contribution >= 0.6 is 0 Å². The lowest BCUT2D eigenvalue weighted by atomic mass is 10.1. The van der Waals surface area contributed by atoms with Gasteiger partial charge < -0.3 is 19.6 Å². The fraction of sp³-hybridized carbons (Fsp3) is 0.333. The van der Waals surface area contributed by atoms with E-state index in [2.05, 4.69) is 10.3 Å². The maximum absolute atomic E-state index is 12.3. The SMILES string of the molecule is CCOC(=O)c1cc(NC2c3ccccc3CC2O)c2nc(C)c(C)n2c1. The molecule has 2 unspecified atom stereocenters. The molecule has 0 saturated carbocycles. The van der Waals surface area contributed by atoms with Gasteiger partial charge in [0, 0.05) is 18.3 Å². The minimum absolute atomic E-state index is 0.250. The third kappa shape index (κ3) is 2.96. The summed E-state index contributed by atoms with van der Waals surface area (Å²) in [5, 5.41) is 14.0. The first-order valence-corrected chi connectivity index (χ1v) is 9.18. The summed E-state index contributed by atoms with van der Waals surface area (Å²) in [4.78, 5) is 17.0. The molecule has 2 atom stereocenters. The number of fused-ring (bicyclic) bond motifs is 2. The number of rotatable bonds is 4. The van der Waals surface area contributed by atoms with Crippen molar-refractivity contribution >= 4 is 17.3 Å². The van der Waals surface area contributed by atoms with Crippen molar-refractivity contribution < 1.29 is 14.6 Å². The third-order valence-electron chi connectivity index (χ3n) is 5.22. The molecule has 3 aromatic rings. The molecular formula is C21H23N3O3. The second-order valence-electron chi connectivity index (χ2n) is 6.93. The van der Waals surface area contributed by atoms with E-state index in [1.807, 2.05) is 42.5 Å². The largest absolute Gasteiger partial charge is 0.462 e. The summed E-state index contributed by atoms with van der Waals surface area (Å²) in [5.74, 6) is -0.374. The van der Waals surface area contributed by atoms with Gasteiger partial charge in [0.1, 0.15) is 0 Å². The first-order valence-electron chi connectivity index (χ1n) is 9.18. The van der Waals surface area contributed by atoms with Crippen LogP contribution in [0, 0.1) is 13.8 Å². The number of aryl methyl sites for hydroxylation is 2. The summed E-state index contributed by atoms with van der Waals surface area (Å²) in [6, 6.07) is 9.52. The van der Waals surface area contributed by atoms with Crippen LogP contribution in [0.3, 0.4) is 0 Å². The lowest BCUT2D eigenvalue weighted by Gasteiger charge is -2.20. The van der Waals surface area contributed by atoms with E-state index >= 15 is 0 Å². The monoisotopic (exact) mass is 365 g/mol. The Kier molecular flexibility index (Phi) is 4.36. The standard InChI is InChI=1S/C21H23N3O3/c1-4-27-21(26)15-9-17(20-22-12(2)13(3)24(20)11-15)23-19-16-8-6-5-7-14(16)10-18(19)25/h5-9,11,18-19,23,25H,4,10H2,1-3H3. The number of imidazole rings is 1.